The number of anilines is 1. The smallest absolute Gasteiger partial charge is 0.236 e. The summed E-state index contributed by atoms with van der Waals surface area (Å²) in [4.78, 5) is 13.2. The van der Waals surface area contributed by atoms with E-state index in [9.17, 15) is 4.79 Å². The van der Waals surface area contributed by atoms with Crippen LogP contribution in [0, 0.1) is 0 Å². The van der Waals surface area contributed by atoms with Crippen molar-refractivity contribution in [3.63, 3.8) is 0 Å². The Bertz CT molecular complexity index is 476. The molecule has 0 aromatic heterocycles. The lowest BCUT2D eigenvalue weighted by Gasteiger charge is -2.28. The minimum absolute atomic E-state index is 0.102. The third kappa shape index (κ3) is 3.58. The zero-order valence-corrected chi connectivity index (χ0v) is 11.9. The fourth-order valence-electron chi connectivity index (χ4n) is 1.61. The molecular weight excluding hydrogens is 270 g/mol. The van der Waals surface area contributed by atoms with E-state index in [-0.39, 0.29) is 17.6 Å². The first-order valence-corrected chi connectivity index (χ1v) is 6.26. The van der Waals surface area contributed by atoms with Crippen LogP contribution in [-0.2, 0) is 4.79 Å². The van der Waals surface area contributed by atoms with Gasteiger partial charge in [0.1, 0.15) is 4.99 Å². The van der Waals surface area contributed by atoms with E-state index in [4.69, 9.17) is 35.3 Å². The van der Waals surface area contributed by atoms with E-state index < -0.39 is 5.91 Å². The Hall–Kier alpha value is -1.33. The predicted octanol–water partition coefficient (Wildman–Crippen LogP) is 1.67. The molecule has 0 aliphatic carbocycles. The molecule has 0 aliphatic rings. The zero-order chi connectivity index (χ0) is 13.9. The molecule has 0 atom stereocenters. The number of rotatable bonds is 5. The van der Waals surface area contributed by atoms with Gasteiger partial charge in [-0.15, -0.1) is 0 Å². The summed E-state index contributed by atoms with van der Waals surface area (Å²) in [5.41, 5.74) is 12.2. The highest BCUT2D eigenvalue weighted by molar-refractivity contribution is 7.80. The summed E-state index contributed by atoms with van der Waals surface area (Å²) < 4.78 is 0. The Morgan fingerprint density at radius 2 is 2.06 bits per heavy atom. The third-order valence-corrected chi connectivity index (χ3v) is 3.03. The average Bonchev–Trinajstić information content (AvgIpc) is 2.25. The lowest BCUT2D eigenvalue weighted by molar-refractivity contribution is -0.116. The molecule has 0 saturated carbocycles. The van der Waals surface area contributed by atoms with Gasteiger partial charge in [0.05, 0.1) is 17.3 Å². The van der Waals surface area contributed by atoms with Gasteiger partial charge in [-0.1, -0.05) is 23.8 Å². The van der Waals surface area contributed by atoms with Crippen molar-refractivity contribution < 1.29 is 4.79 Å². The van der Waals surface area contributed by atoms with Gasteiger partial charge in [-0.3, -0.25) is 4.79 Å². The second-order valence-corrected chi connectivity index (χ2v) is 5.07. The Labute approximate surface area is 117 Å². The number of hydrogen-bond donors (Lipinski definition) is 2. The number of primary amides is 1. The molecule has 4 N–H and O–H groups in total. The SMILES string of the molecule is CC(C)N(CC(N)=O)c1ccc(C(N)=S)cc1Cl. The van der Waals surface area contributed by atoms with Gasteiger partial charge >= 0.3 is 0 Å². The maximum atomic E-state index is 11.1. The molecular formula is C12H16ClN3OS. The van der Waals surface area contributed by atoms with Crippen LogP contribution in [0.2, 0.25) is 5.02 Å². The quantitative estimate of drug-likeness (QED) is 0.807. The minimum Gasteiger partial charge on any atom is -0.389 e. The number of nitrogens with two attached hydrogens (primary N) is 2. The topological polar surface area (TPSA) is 72.3 Å². The molecule has 98 valence electrons. The van der Waals surface area contributed by atoms with Crippen LogP contribution in [0.5, 0.6) is 0 Å². The van der Waals surface area contributed by atoms with Crippen molar-refractivity contribution in [3.8, 4) is 0 Å². The van der Waals surface area contributed by atoms with Crippen LogP contribution in [0.3, 0.4) is 0 Å². The van der Waals surface area contributed by atoms with E-state index in [2.05, 4.69) is 0 Å². The standard InChI is InChI=1S/C12H16ClN3OS/c1-7(2)16(6-11(14)17)10-4-3-8(12(15)18)5-9(10)13/h3-5,7H,6H2,1-2H3,(H2,14,17)(H2,15,18). The Kier molecular flexibility index (Phi) is 4.93. The summed E-state index contributed by atoms with van der Waals surface area (Å²) in [6, 6.07) is 5.36. The molecule has 0 unspecified atom stereocenters. The number of carbonyl (C=O) groups is 1. The Balaban J connectivity index is 3.13. The molecule has 0 fully saturated rings. The normalized spacial score (nSPS) is 10.4. The monoisotopic (exact) mass is 285 g/mol. The summed E-state index contributed by atoms with van der Waals surface area (Å²) in [5.74, 6) is -0.404. The Morgan fingerprint density at radius 3 is 2.44 bits per heavy atom. The number of carbonyl (C=O) groups excluding carboxylic acids is 1. The van der Waals surface area contributed by atoms with Crippen molar-refractivity contribution in [2.45, 2.75) is 19.9 Å². The first-order chi connectivity index (χ1) is 8.32. The molecule has 0 radical (unpaired) electrons. The second kappa shape index (κ2) is 6.02. The molecule has 0 aliphatic heterocycles. The highest BCUT2D eigenvalue weighted by Crippen LogP contribution is 2.28. The highest BCUT2D eigenvalue weighted by atomic mass is 35.5. The number of halogens is 1. The largest absolute Gasteiger partial charge is 0.389 e. The van der Waals surface area contributed by atoms with Crippen LogP contribution in [0.4, 0.5) is 5.69 Å². The van der Waals surface area contributed by atoms with Gasteiger partial charge in [-0.2, -0.15) is 0 Å². The molecule has 0 saturated heterocycles. The van der Waals surface area contributed by atoms with E-state index in [0.717, 1.165) is 5.69 Å². The van der Waals surface area contributed by atoms with Crippen molar-refractivity contribution in [2.75, 3.05) is 11.4 Å². The van der Waals surface area contributed by atoms with Crippen LogP contribution in [-0.4, -0.2) is 23.5 Å². The van der Waals surface area contributed by atoms with Crippen molar-refractivity contribution in [1.29, 1.82) is 0 Å². The molecule has 1 aromatic rings. The molecule has 1 amide bonds. The maximum Gasteiger partial charge on any atom is 0.236 e. The molecule has 1 aromatic carbocycles. The van der Waals surface area contributed by atoms with Crippen molar-refractivity contribution in [1.82, 2.24) is 0 Å². The van der Waals surface area contributed by atoms with Crippen molar-refractivity contribution in [2.24, 2.45) is 11.5 Å². The molecule has 0 bridgehead atoms. The molecule has 0 spiro atoms. The van der Waals surface area contributed by atoms with Crippen molar-refractivity contribution in [3.05, 3.63) is 28.8 Å². The number of amides is 1. The fourth-order valence-corrected chi connectivity index (χ4v) is 2.02. The number of benzene rings is 1. The van der Waals surface area contributed by atoms with E-state index in [1.54, 1.807) is 18.2 Å². The second-order valence-electron chi connectivity index (χ2n) is 4.22. The van der Waals surface area contributed by atoms with Gasteiger partial charge < -0.3 is 16.4 Å². The van der Waals surface area contributed by atoms with E-state index in [1.807, 2.05) is 18.7 Å². The maximum absolute atomic E-state index is 11.1. The molecule has 4 nitrogen and oxygen atoms in total. The number of thiocarbonyl (C=S) groups is 1. The van der Waals surface area contributed by atoms with Gasteiger partial charge in [0, 0.05) is 11.6 Å². The zero-order valence-electron chi connectivity index (χ0n) is 10.3. The summed E-state index contributed by atoms with van der Waals surface area (Å²) >= 11 is 11.1. The van der Waals surface area contributed by atoms with Crippen LogP contribution in [0.1, 0.15) is 19.4 Å². The lowest BCUT2D eigenvalue weighted by atomic mass is 10.1. The molecule has 6 heteroatoms. The summed E-state index contributed by atoms with van der Waals surface area (Å²) in [5, 5.41) is 0.496. The molecule has 1 rings (SSSR count). The lowest BCUT2D eigenvalue weighted by Crippen LogP contribution is -2.38. The third-order valence-electron chi connectivity index (χ3n) is 2.49. The Morgan fingerprint density at radius 1 is 1.44 bits per heavy atom. The first-order valence-electron chi connectivity index (χ1n) is 5.47. The van der Waals surface area contributed by atoms with Gasteiger partial charge in [0.25, 0.3) is 0 Å². The van der Waals surface area contributed by atoms with Crippen molar-refractivity contribution >= 4 is 40.4 Å². The minimum atomic E-state index is -0.404. The van der Waals surface area contributed by atoms with E-state index >= 15 is 0 Å². The number of hydrogen-bond acceptors (Lipinski definition) is 3. The first kappa shape index (κ1) is 14.7. The summed E-state index contributed by atoms with van der Waals surface area (Å²) in [6.07, 6.45) is 0. The number of nitrogens with zero attached hydrogens (tertiary/aromatic N) is 1. The van der Waals surface area contributed by atoms with Gasteiger partial charge in [0.2, 0.25) is 5.91 Å². The highest BCUT2D eigenvalue weighted by Gasteiger charge is 2.16. The van der Waals surface area contributed by atoms with E-state index in [0.29, 0.717) is 10.6 Å². The summed E-state index contributed by atoms with van der Waals surface area (Å²) in [7, 11) is 0. The summed E-state index contributed by atoms with van der Waals surface area (Å²) in [6.45, 7) is 4.03. The molecule has 0 heterocycles. The van der Waals surface area contributed by atoms with Crippen LogP contribution in [0.15, 0.2) is 18.2 Å². The van der Waals surface area contributed by atoms with Crippen LogP contribution >= 0.6 is 23.8 Å². The van der Waals surface area contributed by atoms with E-state index in [1.165, 1.54) is 0 Å². The van der Waals surface area contributed by atoms with Crippen LogP contribution in [0.25, 0.3) is 0 Å². The average molecular weight is 286 g/mol. The molecule has 18 heavy (non-hydrogen) atoms. The van der Waals surface area contributed by atoms with Gasteiger partial charge in [0.15, 0.2) is 0 Å². The van der Waals surface area contributed by atoms with Gasteiger partial charge in [-0.25, -0.2) is 0 Å². The van der Waals surface area contributed by atoms with Gasteiger partial charge in [-0.05, 0) is 32.0 Å². The fraction of sp³-hybridized carbons (Fsp3) is 0.333. The predicted molar refractivity (Wildman–Crippen MR) is 79.0 cm³/mol. The van der Waals surface area contributed by atoms with Crippen LogP contribution < -0.4 is 16.4 Å².